The number of aromatic nitrogens is 1. The van der Waals surface area contributed by atoms with Crippen LogP contribution in [0.25, 0.3) is 0 Å². The van der Waals surface area contributed by atoms with Crippen molar-refractivity contribution in [3.05, 3.63) is 18.3 Å². The molecule has 1 aromatic heterocycles. The summed E-state index contributed by atoms with van der Waals surface area (Å²) in [5.41, 5.74) is 7.13. The van der Waals surface area contributed by atoms with Gasteiger partial charge < -0.3 is 16.0 Å². The fourth-order valence-corrected chi connectivity index (χ4v) is 4.08. The monoisotopic (exact) mass is 402 g/mol. The number of piperidine rings is 1. The van der Waals surface area contributed by atoms with Crippen molar-refractivity contribution in [3.63, 3.8) is 0 Å². The first-order chi connectivity index (χ1) is 11.7. The lowest BCUT2D eigenvalue weighted by molar-refractivity contribution is -0.118. The minimum absolute atomic E-state index is 0. The van der Waals surface area contributed by atoms with Crippen LogP contribution in [0.15, 0.2) is 18.3 Å². The summed E-state index contributed by atoms with van der Waals surface area (Å²) in [6.45, 7) is 2.81. The summed E-state index contributed by atoms with van der Waals surface area (Å²) in [5.74, 6) is 0.685. The predicted octanol–water partition coefficient (Wildman–Crippen LogP) is 4.15. The number of rotatable bonds is 5. The summed E-state index contributed by atoms with van der Waals surface area (Å²) in [7, 11) is 0. The van der Waals surface area contributed by atoms with E-state index >= 15 is 0 Å². The van der Waals surface area contributed by atoms with E-state index in [4.69, 9.17) is 5.73 Å². The van der Waals surface area contributed by atoms with Crippen molar-refractivity contribution in [2.45, 2.75) is 57.8 Å². The zero-order chi connectivity index (χ0) is 16.8. The van der Waals surface area contributed by atoms with Crippen molar-refractivity contribution in [3.8, 4) is 0 Å². The summed E-state index contributed by atoms with van der Waals surface area (Å²) < 4.78 is 0. The van der Waals surface area contributed by atoms with Crippen molar-refractivity contribution in [1.29, 1.82) is 0 Å². The van der Waals surface area contributed by atoms with E-state index in [9.17, 15) is 4.79 Å². The Bertz CT molecular complexity index is 541. The molecule has 5 nitrogen and oxygen atoms in total. The molecule has 0 unspecified atom stereocenters. The number of amides is 1. The molecule has 1 amide bonds. The molecule has 3 rings (SSSR count). The molecule has 0 atom stereocenters. The number of nitrogens with one attached hydrogen (secondary N) is 1. The smallest absolute Gasteiger partial charge is 0.226 e. The molecular formula is C19H32Cl2N4O. The molecule has 1 saturated carbocycles. The van der Waals surface area contributed by atoms with Crippen LogP contribution in [-0.4, -0.2) is 30.5 Å². The molecule has 3 N–H and O–H groups in total. The maximum absolute atomic E-state index is 12.4. The van der Waals surface area contributed by atoms with Crippen LogP contribution in [0.3, 0.4) is 0 Å². The van der Waals surface area contributed by atoms with E-state index < -0.39 is 0 Å². The van der Waals surface area contributed by atoms with Crippen LogP contribution in [0.4, 0.5) is 11.5 Å². The SMILES string of the molecule is Cl.Cl.NCC1(CC(=O)Nc2ccc(N3CCCCC3)cn2)CCCCC1. The number of carbonyl (C=O) groups excluding carboxylic acids is 1. The van der Waals surface area contributed by atoms with Gasteiger partial charge in [-0.3, -0.25) is 4.79 Å². The Morgan fingerprint density at radius 2 is 1.73 bits per heavy atom. The van der Waals surface area contributed by atoms with Crippen molar-refractivity contribution < 1.29 is 4.79 Å². The number of carbonyl (C=O) groups is 1. The minimum Gasteiger partial charge on any atom is -0.370 e. The van der Waals surface area contributed by atoms with Crippen LogP contribution < -0.4 is 16.0 Å². The fraction of sp³-hybridized carbons (Fsp3) is 0.684. The molecule has 1 aromatic rings. The first-order valence-electron chi connectivity index (χ1n) is 9.42. The Morgan fingerprint density at radius 1 is 1.08 bits per heavy atom. The molecule has 2 fully saturated rings. The second-order valence-electron chi connectivity index (χ2n) is 7.44. The van der Waals surface area contributed by atoms with Gasteiger partial charge in [0.2, 0.25) is 5.91 Å². The minimum atomic E-state index is -0.00389. The third-order valence-corrected chi connectivity index (χ3v) is 5.62. The van der Waals surface area contributed by atoms with Gasteiger partial charge in [0.25, 0.3) is 0 Å². The maximum atomic E-state index is 12.4. The molecule has 0 aromatic carbocycles. The number of halogens is 2. The van der Waals surface area contributed by atoms with E-state index in [2.05, 4.69) is 21.3 Å². The Balaban J connectivity index is 0.00000169. The number of pyridine rings is 1. The molecule has 0 spiro atoms. The van der Waals surface area contributed by atoms with Crippen LogP contribution in [-0.2, 0) is 4.79 Å². The van der Waals surface area contributed by atoms with Gasteiger partial charge in [-0.2, -0.15) is 0 Å². The molecule has 1 saturated heterocycles. The van der Waals surface area contributed by atoms with Gasteiger partial charge in [-0.25, -0.2) is 4.98 Å². The zero-order valence-electron chi connectivity index (χ0n) is 15.4. The molecule has 148 valence electrons. The van der Waals surface area contributed by atoms with Gasteiger partial charge >= 0.3 is 0 Å². The molecule has 1 aliphatic carbocycles. The van der Waals surface area contributed by atoms with E-state index in [1.807, 2.05) is 12.3 Å². The van der Waals surface area contributed by atoms with Gasteiger partial charge in [0.15, 0.2) is 0 Å². The van der Waals surface area contributed by atoms with Crippen molar-refractivity contribution in [2.75, 3.05) is 29.9 Å². The third kappa shape index (κ3) is 6.00. The van der Waals surface area contributed by atoms with E-state index in [0.717, 1.165) is 31.6 Å². The van der Waals surface area contributed by atoms with E-state index in [1.54, 1.807) is 0 Å². The van der Waals surface area contributed by atoms with Crippen LogP contribution in [0, 0.1) is 5.41 Å². The van der Waals surface area contributed by atoms with E-state index in [0.29, 0.717) is 18.8 Å². The molecule has 2 heterocycles. The third-order valence-electron chi connectivity index (χ3n) is 5.62. The molecule has 2 aliphatic rings. The predicted molar refractivity (Wildman–Crippen MR) is 113 cm³/mol. The van der Waals surface area contributed by atoms with Gasteiger partial charge in [0.05, 0.1) is 11.9 Å². The topological polar surface area (TPSA) is 71.2 Å². The lowest BCUT2D eigenvalue weighted by atomic mass is 9.71. The van der Waals surface area contributed by atoms with Gasteiger partial charge in [-0.05, 0) is 56.2 Å². The number of hydrogen-bond donors (Lipinski definition) is 2. The summed E-state index contributed by atoms with van der Waals surface area (Å²) >= 11 is 0. The Kier molecular flexibility index (Phi) is 9.69. The standard InChI is InChI=1S/C19H30N4O.2ClH/c20-15-19(9-3-1-4-10-19)13-18(24)22-17-8-7-16(14-21-17)23-11-5-2-6-12-23;;/h7-8,14H,1-6,9-13,15,20H2,(H,21,22,24);2*1H. The fourth-order valence-electron chi connectivity index (χ4n) is 4.08. The second kappa shape index (κ2) is 11.0. The number of anilines is 2. The van der Waals surface area contributed by atoms with Gasteiger partial charge in [-0.15, -0.1) is 24.8 Å². The highest BCUT2D eigenvalue weighted by molar-refractivity contribution is 5.90. The van der Waals surface area contributed by atoms with Crippen molar-refractivity contribution in [1.82, 2.24) is 4.98 Å². The molecule has 26 heavy (non-hydrogen) atoms. The average Bonchev–Trinajstić information content (AvgIpc) is 2.64. The largest absolute Gasteiger partial charge is 0.370 e. The Morgan fingerprint density at radius 3 is 2.31 bits per heavy atom. The zero-order valence-corrected chi connectivity index (χ0v) is 17.0. The summed E-state index contributed by atoms with van der Waals surface area (Å²) in [5, 5.41) is 2.95. The highest BCUT2D eigenvalue weighted by Crippen LogP contribution is 2.38. The van der Waals surface area contributed by atoms with Crippen LogP contribution in [0.1, 0.15) is 57.8 Å². The number of nitrogens with zero attached hydrogens (tertiary/aromatic N) is 2. The van der Waals surface area contributed by atoms with Crippen molar-refractivity contribution >= 4 is 42.2 Å². The van der Waals surface area contributed by atoms with Gasteiger partial charge in [0.1, 0.15) is 5.82 Å². The summed E-state index contributed by atoms with van der Waals surface area (Å²) in [6.07, 6.45) is 12.0. The lowest BCUT2D eigenvalue weighted by Crippen LogP contribution is -2.36. The molecular weight excluding hydrogens is 371 g/mol. The summed E-state index contributed by atoms with van der Waals surface area (Å²) in [6, 6.07) is 3.98. The van der Waals surface area contributed by atoms with E-state index in [1.165, 1.54) is 38.5 Å². The lowest BCUT2D eigenvalue weighted by Gasteiger charge is -2.35. The highest BCUT2D eigenvalue weighted by atomic mass is 35.5. The molecule has 1 aliphatic heterocycles. The van der Waals surface area contributed by atoms with Crippen LogP contribution >= 0.6 is 24.8 Å². The maximum Gasteiger partial charge on any atom is 0.226 e. The summed E-state index contributed by atoms with van der Waals surface area (Å²) in [4.78, 5) is 19.2. The van der Waals surface area contributed by atoms with Crippen LogP contribution in [0.5, 0.6) is 0 Å². The van der Waals surface area contributed by atoms with Gasteiger partial charge in [-0.1, -0.05) is 19.3 Å². The quantitative estimate of drug-likeness (QED) is 0.775. The van der Waals surface area contributed by atoms with Gasteiger partial charge in [0, 0.05) is 19.5 Å². The highest BCUT2D eigenvalue weighted by Gasteiger charge is 2.33. The second-order valence-corrected chi connectivity index (χ2v) is 7.44. The first kappa shape index (κ1) is 23.0. The molecule has 0 radical (unpaired) electrons. The van der Waals surface area contributed by atoms with E-state index in [-0.39, 0.29) is 36.1 Å². The normalized spacial score (nSPS) is 19.0. The molecule has 0 bridgehead atoms. The van der Waals surface area contributed by atoms with Crippen molar-refractivity contribution in [2.24, 2.45) is 11.1 Å². The first-order valence-corrected chi connectivity index (χ1v) is 9.42. The Labute approximate surface area is 169 Å². The number of nitrogens with two attached hydrogens (primary N) is 1. The molecule has 7 heteroatoms. The van der Waals surface area contributed by atoms with Crippen LogP contribution in [0.2, 0.25) is 0 Å². The Hall–Kier alpha value is -1.04. The number of hydrogen-bond acceptors (Lipinski definition) is 4. The average molecular weight is 403 g/mol.